The number of allylic oxidation sites excluding steroid dienone is 2. The molecule has 0 aliphatic rings. The topological polar surface area (TPSA) is 78.9 Å². The van der Waals surface area contributed by atoms with Gasteiger partial charge in [0, 0.05) is 19.3 Å². The molecule has 0 radical (unpaired) electrons. The average Bonchev–Trinajstić information content (AvgIpc) is 3.21. The lowest BCUT2D eigenvalue weighted by atomic mass is 10.0. The Bertz CT molecular complexity index is 885. The number of ether oxygens (including phenoxy) is 3. The van der Waals surface area contributed by atoms with Crippen molar-refractivity contribution >= 4 is 17.9 Å². The van der Waals surface area contributed by atoms with E-state index in [1.807, 2.05) is 0 Å². The summed E-state index contributed by atoms with van der Waals surface area (Å²) >= 11 is 0. The normalized spacial score (nSPS) is 12.0. The summed E-state index contributed by atoms with van der Waals surface area (Å²) in [7, 11) is 0. The van der Waals surface area contributed by atoms with Crippen molar-refractivity contribution in [3.8, 4) is 0 Å². The van der Waals surface area contributed by atoms with Gasteiger partial charge in [0.2, 0.25) is 0 Å². The van der Waals surface area contributed by atoms with Crippen molar-refractivity contribution in [3.05, 3.63) is 12.2 Å². The standard InChI is InChI=1S/C51H96O6/c1-4-7-10-13-16-19-22-24-25-26-27-30-32-35-38-41-44-50(53)56-47-48(46-55-49(52)43-40-37-34-31-28-21-18-15-12-9-6-3)57-51(54)45-42-39-36-33-29-23-20-17-14-11-8-5-2/h25-26,48H,4-24,27-47H2,1-3H3/b26-25-. The second-order valence-electron chi connectivity index (χ2n) is 17.1. The van der Waals surface area contributed by atoms with Crippen molar-refractivity contribution in [2.24, 2.45) is 0 Å². The van der Waals surface area contributed by atoms with Gasteiger partial charge in [-0.15, -0.1) is 0 Å². The molecule has 0 aromatic carbocycles. The van der Waals surface area contributed by atoms with E-state index in [2.05, 4.69) is 32.9 Å². The Morgan fingerprint density at radius 1 is 0.333 bits per heavy atom. The molecule has 0 spiro atoms. The molecule has 0 saturated heterocycles. The summed E-state index contributed by atoms with van der Waals surface area (Å²) in [4.78, 5) is 37.8. The predicted molar refractivity (Wildman–Crippen MR) is 243 cm³/mol. The number of esters is 3. The van der Waals surface area contributed by atoms with Gasteiger partial charge in [-0.05, 0) is 44.9 Å². The number of rotatable bonds is 46. The largest absolute Gasteiger partial charge is 0.462 e. The SMILES string of the molecule is CCCCCCCCC/C=C\CCCCCCCC(=O)OCC(COC(=O)CCCCCCCCCCCCC)OC(=O)CCCCCCCCCCCCCC. The smallest absolute Gasteiger partial charge is 0.306 e. The zero-order valence-electron chi connectivity index (χ0n) is 38.4. The molecule has 0 aromatic rings. The van der Waals surface area contributed by atoms with Crippen molar-refractivity contribution < 1.29 is 28.6 Å². The Balaban J connectivity index is 4.32. The first-order chi connectivity index (χ1) is 28.0. The fourth-order valence-corrected chi connectivity index (χ4v) is 7.44. The maximum Gasteiger partial charge on any atom is 0.306 e. The Morgan fingerprint density at radius 3 is 0.877 bits per heavy atom. The van der Waals surface area contributed by atoms with Crippen LogP contribution in [0.2, 0.25) is 0 Å². The molecule has 6 heteroatoms. The number of carbonyl (C=O) groups excluding carboxylic acids is 3. The molecule has 0 aliphatic carbocycles. The lowest BCUT2D eigenvalue weighted by Crippen LogP contribution is -2.30. The van der Waals surface area contributed by atoms with Crippen molar-refractivity contribution in [3.63, 3.8) is 0 Å². The quantitative estimate of drug-likeness (QED) is 0.0264. The third-order valence-corrected chi connectivity index (χ3v) is 11.3. The van der Waals surface area contributed by atoms with Gasteiger partial charge in [0.05, 0.1) is 0 Å². The van der Waals surface area contributed by atoms with Gasteiger partial charge in [0.1, 0.15) is 13.2 Å². The van der Waals surface area contributed by atoms with E-state index in [4.69, 9.17) is 14.2 Å². The lowest BCUT2D eigenvalue weighted by molar-refractivity contribution is -0.167. The van der Waals surface area contributed by atoms with Gasteiger partial charge < -0.3 is 14.2 Å². The molecule has 0 amide bonds. The maximum absolute atomic E-state index is 12.7. The number of hydrogen-bond donors (Lipinski definition) is 0. The van der Waals surface area contributed by atoms with Crippen LogP contribution in [0, 0.1) is 0 Å². The fourth-order valence-electron chi connectivity index (χ4n) is 7.44. The second kappa shape index (κ2) is 46.8. The zero-order valence-corrected chi connectivity index (χ0v) is 38.4. The molecule has 336 valence electrons. The number of carbonyl (C=O) groups is 3. The molecule has 0 fully saturated rings. The summed E-state index contributed by atoms with van der Waals surface area (Å²) in [5, 5.41) is 0. The van der Waals surface area contributed by atoms with Crippen molar-refractivity contribution in [1.29, 1.82) is 0 Å². The van der Waals surface area contributed by atoms with E-state index >= 15 is 0 Å². The average molecular weight is 805 g/mol. The monoisotopic (exact) mass is 805 g/mol. The molecule has 0 rings (SSSR count). The van der Waals surface area contributed by atoms with Crippen LogP contribution < -0.4 is 0 Å². The molecule has 0 aromatic heterocycles. The van der Waals surface area contributed by atoms with Crippen LogP contribution >= 0.6 is 0 Å². The van der Waals surface area contributed by atoms with Gasteiger partial charge in [-0.1, -0.05) is 226 Å². The molecule has 57 heavy (non-hydrogen) atoms. The first kappa shape index (κ1) is 55.2. The van der Waals surface area contributed by atoms with Crippen LogP contribution in [-0.4, -0.2) is 37.2 Å². The van der Waals surface area contributed by atoms with Gasteiger partial charge in [-0.2, -0.15) is 0 Å². The van der Waals surface area contributed by atoms with Crippen LogP contribution in [0.5, 0.6) is 0 Å². The first-order valence-corrected chi connectivity index (χ1v) is 25.2. The van der Waals surface area contributed by atoms with E-state index in [1.54, 1.807) is 0 Å². The molecule has 0 aliphatic heterocycles. The van der Waals surface area contributed by atoms with Crippen molar-refractivity contribution in [1.82, 2.24) is 0 Å². The van der Waals surface area contributed by atoms with Gasteiger partial charge >= 0.3 is 17.9 Å². The Labute approximate surface area is 354 Å². The summed E-state index contributed by atoms with van der Waals surface area (Å²) < 4.78 is 16.8. The third kappa shape index (κ3) is 45.1. The maximum atomic E-state index is 12.7. The van der Waals surface area contributed by atoms with Crippen molar-refractivity contribution in [2.45, 2.75) is 284 Å². The molecular weight excluding hydrogens is 709 g/mol. The van der Waals surface area contributed by atoms with Crippen LogP contribution in [0.15, 0.2) is 12.2 Å². The highest BCUT2D eigenvalue weighted by Gasteiger charge is 2.19. The van der Waals surface area contributed by atoms with Gasteiger partial charge in [-0.3, -0.25) is 14.4 Å². The molecule has 6 nitrogen and oxygen atoms in total. The first-order valence-electron chi connectivity index (χ1n) is 25.2. The molecule has 1 unspecified atom stereocenters. The minimum Gasteiger partial charge on any atom is -0.462 e. The minimum absolute atomic E-state index is 0.0676. The van der Waals surface area contributed by atoms with Gasteiger partial charge in [0.15, 0.2) is 6.10 Å². The van der Waals surface area contributed by atoms with E-state index in [9.17, 15) is 14.4 Å². The molecule has 0 heterocycles. The fraction of sp³-hybridized carbons (Fsp3) is 0.902. The highest BCUT2D eigenvalue weighted by molar-refractivity contribution is 5.71. The zero-order chi connectivity index (χ0) is 41.5. The van der Waals surface area contributed by atoms with E-state index in [0.717, 1.165) is 64.2 Å². The Kier molecular flexibility index (Phi) is 45.3. The van der Waals surface area contributed by atoms with E-state index in [1.165, 1.54) is 173 Å². The highest BCUT2D eigenvalue weighted by Crippen LogP contribution is 2.16. The van der Waals surface area contributed by atoms with Gasteiger partial charge in [0.25, 0.3) is 0 Å². The van der Waals surface area contributed by atoms with Gasteiger partial charge in [-0.25, -0.2) is 0 Å². The van der Waals surface area contributed by atoms with E-state index < -0.39 is 6.10 Å². The predicted octanol–water partition coefficient (Wildman–Crippen LogP) is 16.2. The number of hydrogen-bond acceptors (Lipinski definition) is 6. The summed E-state index contributed by atoms with van der Waals surface area (Å²) in [5.41, 5.74) is 0. The highest BCUT2D eigenvalue weighted by atomic mass is 16.6. The Morgan fingerprint density at radius 2 is 0.579 bits per heavy atom. The minimum atomic E-state index is -0.765. The van der Waals surface area contributed by atoms with Crippen LogP contribution in [-0.2, 0) is 28.6 Å². The van der Waals surface area contributed by atoms with Crippen LogP contribution in [0.4, 0.5) is 0 Å². The second-order valence-corrected chi connectivity index (χ2v) is 17.1. The number of unbranched alkanes of at least 4 members (excludes halogenated alkanes) is 33. The molecule has 0 N–H and O–H groups in total. The molecular formula is C51H96O6. The van der Waals surface area contributed by atoms with Crippen LogP contribution in [0.3, 0.4) is 0 Å². The summed E-state index contributed by atoms with van der Waals surface area (Å²) in [6.45, 7) is 6.64. The summed E-state index contributed by atoms with van der Waals surface area (Å²) in [6, 6.07) is 0. The van der Waals surface area contributed by atoms with E-state index in [0.29, 0.717) is 19.3 Å². The van der Waals surface area contributed by atoms with Crippen LogP contribution in [0.1, 0.15) is 278 Å². The third-order valence-electron chi connectivity index (χ3n) is 11.3. The summed E-state index contributed by atoms with van der Waals surface area (Å²) in [5.74, 6) is -0.863. The van der Waals surface area contributed by atoms with Crippen LogP contribution in [0.25, 0.3) is 0 Å². The molecule has 0 saturated carbocycles. The lowest BCUT2D eigenvalue weighted by Gasteiger charge is -2.18. The van der Waals surface area contributed by atoms with Crippen molar-refractivity contribution in [2.75, 3.05) is 13.2 Å². The molecule has 0 bridgehead atoms. The van der Waals surface area contributed by atoms with E-state index in [-0.39, 0.29) is 31.1 Å². The molecule has 1 atom stereocenters. The summed E-state index contributed by atoms with van der Waals surface area (Å²) in [6.07, 6.45) is 50.5. The Hall–Kier alpha value is -1.85.